The van der Waals surface area contributed by atoms with Crippen molar-refractivity contribution in [2.24, 2.45) is 4.99 Å². The normalized spacial score (nSPS) is 18.6. The topological polar surface area (TPSA) is 15.6 Å². The molecule has 0 spiro atoms. The minimum atomic E-state index is 0.978. The summed E-state index contributed by atoms with van der Waals surface area (Å²) >= 11 is 0. The van der Waals surface area contributed by atoms with Crippen molar-refractivity contribution in [3.63, 3.8) is 0 Å². The summed E-state index contributed by atoms with van der Waals surface area (Å²) in [5.41, 5.74) is 6.01. The number of benzene rings is 1. The summed E-state index contributed by atoms with van der Waals surface area (Å²) in [6.45, 7) is 7.67. The van der Waals surface area contributed by atoms with Crippen molar-refractivity contribution < 1.29 is 0 Å². The highest BCUT2D eigenvalue weighted by Gasteiger charge is 2.20. The number of rotatable bonds is 3. The lowest BCUT2D eigenvalue weighted by molar-refractivity contribution is 0.476. The fourth-order valence-corrected chi connectivity index (χ4v) is 3.22. The van der Waals surface area contributed by atoms with Crippen LogP contribution in [0.15, 0.2) is 34.8 Å². The average Bonchev–Trinajstić information content (AvgIpc) is 2.89. The van der Waals surface area contributed by atoms with Crippen molar-refractivity contribution in [1.82, 2.24) is 4.90 Å². The maximum Gasteiger partial charge on any atom is 0.103 e. The lowest BCUT2D eigenvalue weighted by Crippen LogP contribution is -2.28. The van der Waals surface area contributed by atoms with Gasteiger partial charge in [0.2, 0.25) is 0 Å². The largest absolute Gasteiger partial charge is 0.359 e. The summed E-state index contributed by atoms with van der Waals surface area (Å²) in [6, 6.07) is 8.83. The Morgan fingerprint density at radius 3 is 2.89 bits per heavy atom. The first kappa shape index (κ1) is 12.5. The molecule has 0 radical (unpaired) electrons. The van der Waals surface area contributed by atoms with E-state index in [9.17, 15) is 0 Å². The van der Waals surface area contributed by atoms with Crippen LogP contribution >= 0.6 is 0 Å². The van der Waals surface area contributed by atoms with Gasteiger partial charge in [0.05, 0.1) is 6.54 Å². The molecule has 1 aromatic carbocycles. The molecular weight excluding hydrogens is 232 g/mol. The van der Waals surface area contributed by atoms with Gasteiger partial charge in [-0.25, -0.2) is 0 Å². The Morgan fingerprint density at radius 2 is 2.05 bits per heavy atom. The molecule has 1 aliphatic heterocycles. The minimum Gasteiger partial charge on any atom is -0.359 e. The summed E-state index contributed by atoms with van der Waals surface area (Å²) in [5.74, 6) is 1.30. The number of fused-ring (bicyclic) bond motifs is 1. The second-order valence-electron chi connectivity index (χ2n) is 5.44. The van der Waals surface area contributed by atoms with E-state index in [1.165, 1.54) is 35.4 Å². The summed E-state index contributed by atoms with van der Waals surface area (Å²) in [7, 11) is 0. The van der Waals surface area contributed by atoms with Crippen molar-refractivity contribution in [3.05, 3.63) is 41.0 Å². The van der Waals surface area contributed by atoms with Gasteiger partial charge in [0, 0.05) is 19.5 Å². The molecule has 0 unspecified atom stereocenters. The van der Waals surface area contributed by atoms with Gasteiger partial charge in [0.1, 0.15) is 5.84 Å². The van der Waals surface area contributed by atoms with E-state index in [0.717, 1.165) is 26.1 Å². The molecule has 2 heteroatoms. The molecule has 0 atom stereocenters. The number of likely N-dealkylation sites (N-methyl/N-ethyl adjacent to an activating group) is 1. The molecule has 0 N–H and O–H groups in total. The molecular formula is C17H22N2. The number of hydrogen-bond donors (Lipinski definition) is 0. The van der Waals surface area contributed by atoms with Gasteiger partial charge in [0.25, 0.3) is 0 Å². The molecule has 3 rings (SSSR count). The van der Waals surface area contributed by atoms with Gasteiger partial charge in [0.15, 0.2) is 0 Å². The summed E-state index contributed by atoms with van der Waals surface area (Å²) in [5, 5.41) is 0. The van der Waals surface area contributed by atoms with Crippen LogP contribution in [0.5, 0.6) is 0 Å². The second kappa shape index (κ2) is 5.20. The van der Waals surface area contributed by atoms with Crippen LogP contribution in [0.4, 0.5) is 0 Å². The van der Waals surface area contributed by atoms with E-state index in [-0.39, 0.29) is 0 Å². The van der Waals surface area contributed by atoms with Gasteiger partial charge in [-0.1, -0.05) is 29.8 Å². The van der Waals surface area contributed by atoms with Crippen molar-refractivity contribution in [3.8, 4) is 0 Å². The molecule has 100 valence electrons. The zero-order valence-electron chi connectivity index (χ0n) is 11.9. The summed E-state index contributed by atoms with van der Waals surface area (Å²) in [6.07, 6.45) is 3.43. The second-order valence-corrected chi connectivity index (χ2v) is 5.44. The van der Waals surface area contributed by atoms with Crippen molar-refractivity contribution in [1.29, 1.82) is 0 Å². The maximum absolute atomic E-state index is 4.68. The number of amidine groups is 1. The van der Waals surface area contributed by atoms with Crippen LogP contribution in [0.25, 0.3) is 5.57 Å². The predicted octanol–water partition coefficient (Wildman–Crippen LogP) is 3.53. The minimum absolute atomic E-state index is 0.978. The molecule has 19 heavy (non-hydrogen) atoms. The van der Waals surface area contributed by atoms with Crippen LogP contribution in [-0.2, 0) is 6.42 Å². The van der Waals surface area contributed by atoms with Gasteiger partial charge in [-0.2, -0.15) is 0 Å². The van der Waals surface area contributed by atoms with Crippen LogP contribution in [0.2, 0.25) is 0 Å². The Labute approximate surface area is 115 Å². The van der Waals surface area contributed by atoms with Crippen molar-refractivity contribution in [2.75, 3.05) is 19.6 Å². The van der Waals surface area contributed by atoms with E-state index in [1.54, 1.807) is 5.57 Å². The van der Waals surface area contributed by atoms with E-state index >= 15 is 0 Å². The molecule has 1 aromatic rings. The van der Waals surface area contributed by atoms with E-state index < -0.39 is 0 Å². The standard InChI is InChI=1S/C17H22N2/c1-3-19-11-10-18-17(19)12-15-9-8-14-6-4-5-7-16(14)13(15)2/h4-7H,3,8-12H2,1-2H3. The molecule has 1 aliphatic carbocycles. The van der Waals surface area contributed by atoms with Crippen LogP contribution in [0, 0.1) is 0 Å². The quantitative estimate of drug-likeness (QED) is 0.805. The maximum atomic E-state index is 4.68. The highest BCUT2D eigenvalue weighted by Crippen LogP contribution is 2.33. The van der Waals surface area contributed by atoms with Gasteiger partial charge >= 0.3 is 0 Å². The third kappa shape index (κ3) is 2.32. The van der Waals surface area contributed by atoms with Crippen LogP contribution in [0.1, 0.15) is 37.8 Å². The summed E-state index contributed by atoms with van der Waals surface area (Å²) in [4.78, 5) is 7.10. The monoisotopic (exact) mass is 254 g/mol. The smallest absolute Gasteiger partial charge is 0.103 e. The molecule has 2 aliphatic rings. The van der Waals surface area contributed by atoms with Gasteiger partial charge in [-0.3, -0.25) is 4.99 Å². The molecule has 0 amide bonds. The molecule has 2 nitrogen and oxygen atoms in total. The number of nitrogens with zero attached hydrogens (tertiary/aromatic N) is 2. The Balaban J connectivity index is 1.86. The van der Waals surface area contributed by atoms with E-state index in [1.807, 2.05) is 0 Å². The van der Waals surface area contributed by atoms with Crippen LogP contribution in [-0.4, -0.2) is 30.4 Å². The zero-order chi connectivity index (χ0) is 13.2. The number of aliphatic imine (C=N–C) groups is 1. The van der Waals surface area contributed by atoms with Crippen LogP contribution in [0.3, 0.4) is 0 Å². The average molecular weight is 254 g/mol. The third-order valence-electron chi connectivity index (χ3n) is 4.43. The number of aryl methyl sites for hydroxylation is 1. The Morgan fingerprint density at radius 1 is 1.21 bits per heavy atom. The molecule has 1 heterocycles. The molecule has 0 saturated carbocycles. The first-order chi connectivity index (χ1) is 9.29. The number of allylic oxidation sites excluding steroid dienone is 1. The SMILES string of the molecule is CCN1CCN=C1CC1=C(C)c2ccccc2CC1. The predicted molar refractivity (Wildman–Crippen MR) is 81.5 cm³/mol. The Hall–Kier alpha value is -1.57. The summed E-state index contributed by atoms with van der Waals surface area (Å²) < 4.78 is 0. The lowest BCUT2D eigenvalue weighted by Gasteiger charge is -2.24. The highest BCUT2D eigenvalue weighted by atomic mass is 15.2. The fraction of sp³-hybridized carbons (Fsp3) is 0.471. The van der Waals surface area contributed by atoms with Gasteiger partial charge in [-0.15, -0.1) is 0 Å². The molecule has 0 bridgehead atoms. The van der Waals surface area contributed by atoms with Gasteiger partial charge in [-0.05, 0) is 43.4 Å². The molecule has 0 saturated heterocycles. The Kier molecular flexibility index (Phi) is 3.41. The molecule has 0 aromatic heterocycles. The third-order valence-corrected chi connectivity index (χ3v) is 4.43. The van der Waals surface area contributed by atoms with E-state index in [4.69, 9.17) is 0 Å². The Bertz CT molecular complexity index is 540. The van der Waals surface area contributed by atoms with Crippen molar-refractivity contribution in [2.45, 2.75) is 33.1 Å². The van der Waals surface area contributed by atoms with E-state index in [0.29, 0.717) is 0 Å². The van der Waals surface area contributed by atoms with Crippen molar-refractivity contribution >= 4 is 11.4 Å². The fourth-order valence-electron chi connectivity index (χ4n) is 3.22. The van der Waals surface area contributed by atoms with Gasteiger partial charge < -0.3 is 4.90 Å². The highest BCUT2D eigenvalue weighted by molar-refractivity contribution is 5.88. The van der Waals surface area contributed by atoms with Crippen LogP contribution < -0.4 is 0 Å². The first-order valence-corrected chi connectivity index (χ1v) is 7.34. The van der Waals surface area contributed by atoms with E-state index in [2.05, 4.69) is 48.0 Å². The molecule has 0 fully saturated rings. The zero-order valence-corrected chi connectivity index (χ0v) is 11.9. The first-order valence-electron chi connectivity index (χ1n) is 7.34. The number of hydrogen-bond acceptors (Lipinski definition) is 2. The lowest BCUT2D eigenvalue weighted by atomic mass is 9.85.